The molecule has 1 saturated heterocycles. The Balaban J connectivity index is 1.61. The molecule has 1 aliphatic heterocycles. The van der Waals surface area contributed by atoms with Crippen LogP contribution < -0.4 is 5.73 Å². The van der Waals surface area contributed by atoms with Gasteiger partial charge >= 0.3 is 0 Å². The van der Waals surface area contributed by atoms with E-state index in [9.17, 15) is 4.79 Å². The Hall–Kier alpha value is -1.18. The number of nitrogens with two attached hydrogens (primary N) is 1. The Morgan fingerprint density at radius 2 is 1.73 bits per heavy atom. The maximum atomic E-state index is 12.5. The highest BCUT2D eigenvalue weighted by Gasteiger charge is 2.30. The third kappa shape index (κ3) is 6.85. The van der Waals surface area contributed by atoms with Crippen LogP contribution in [0, 0.1) is 0 Å². The van der Waals surface area contributed by atoms with E-state index in [2.05, 4.69) is 0 Å². The molecular weight excluding hydrogens is 356 g/mol. The quantitative estimate of drug-likeness (QED) is 0.560. The van der Waals surface area contributed by atoms with Crippen LogP contribution in [0.3, 0.4) is 0 Å². The number of benzene rings is 1. The molecule has 1 fully saturated rings. The Bertz CT molecular complexity index is 544. The van der Waals surface area contributed by atoms with Crippen LogP contribution in [0.25, 0.3) is 0 Å². The van der Waals surface area contributed by atoms with Crippen molar-refractivity contribution in [2.75, 3.05) is 52.7 Å². The number of amides is 1. The molecular formula is C19H29ClN2O4. The average molecular weight is 385 g/mol. The van der Waals surface area contributed by atoms with Gasteiger partial charge in [-0.1, -0.05) is 29.8 Å². The van der Waals surface area contributed by atoms with Crippen LogP contribution in [-0.2, 0) is 19.0 Å². The number of nitrogens with zero attached hydrogens (tertiary/aromatic N) is 1. The fourth-order valence-corrected chi connectivity index (χ4v) is 3.32. The molecule has 7 heteroatoms. The Labute approximate surface area is 160 Å². The summed E-state index contributed by atoms with van der Waals surface area (Å²) in [5, 5.41) is 0.723. The number of hydrogen-bond acceptors (Lipinski definition) is 5. The van der Waals surface area contributed by atoms with Gasteiger partial charge in [-0.15, -0.1) is 0 Å². The number of likely N-dealkylation sites (tertiary alicyclic amines) is 1. The fraction of sp³-hybridized carbons (Fsp3) is 0.632. The van der Waals surface area contributed by atoms with E-state index in [1.54, 1.807) is 0 Å². The summed E-state index contributed by atoms with van der Waals surface area (Å²) in [7, 11) is 0. The van der Waals surface area contributed by atoms with Crippen molar-refractivity contribution in [1.82, 2.24) is 4.90 Å². The lowest BCUT2D eigenvalue weighted by molar-refractivity contribution is -0.133. The van der Waals surface area contributed by atoms with Crippen molar-refractivity contribution in [1.29, 1.82) is 0 Å². The molecule has 2 rings (SSSR count). The van der Waals surface area contributed by atoms with E-state index in [0.717, 1.165) is 30.0 Å². The molecule has 1 unspecified atom stereocenters. The molecule has 1 aromatic rings. The molecule has 2 N–H and O–H groups in total. The predicted octanol–water partition coefficient (Wildman–Crippen LogP) is 2.40. The molecule has 1 amide bonds. The van der Waals surface area contributed by atoms with Gasteiger partial charge in [0.1, 0.15) is 0 Å². The smallest absolute Gasteiger partial charge is 0.225 e. The number of rotatable bonds is 12. The molecule has 6 nitrogen and oxygen atoms in total. The van der Waals surface area contributed by atoms with Crippen molar-refractivity contribution in [2.24, 2.45) is 5.73 Å². The lowest BCUT2D eigenvalue weighted by Crippen LogP contribution is -2.31. The van der Waals surface area contributed by atoms with E-state index in [1.165, 1.54) is 0 Å². The number of ether oxygens (including phenoxy) is 3. The van der Waals surface area contributed by atoms with E-state index >= 15 is 0 Å². The first-order valence-corrected chi connectivity index (χ1v) is 9.59. The van der Waals surface area contributed by atoms with Gasteiger partial charge in [0.05, 0.1) is 52.1 Å². The SMILES string of the molecule is NCCOCCOCCOCCC(=O)N1CCCC1c1ccccc1Cl. The Morgan fingerprint density at radius 1 is 1.08 bits per heavy atom. The van der Waals surface area contributed by atoms with Gasteiger partial charge in [0.15, 0.2) is 0 Å². The van der Waals surface area contributed by atoms with Crippen LogP contribution in [0.4, 0.5) is 0 Å². The van der Waals surface area contributed by atoms with E-state index < -0.39 is 0 Å². The summed E-state index contributed by atoms with van der Waals surface area (Å²) >= 11 is 6.30. The number of carbonyl (C=O) groups is 1. The summed E-state index contributed by atoms with van der Waals surface area (Å²) in [4.78, 5) is 14.4. The first kappa shape index (κ1) is 21.1. The molecule has 1 aromatic carbocycles. The van der Waals surface area contributed by atoms with Crippen LogP contribution in [0.5, 0.6) is 0 Å². The fourth-order valence-electron chi connectivity index (χ4n) is 3.06. The summed E-state index contributed by atoms with van der Waals surface area (Å²) in [5.74, 6) is 0.114. The minimum atomic E-state index is 0.0769. The van der Waals surface area contributed by atoms with E-state index in [1.807, 2.05) is 29.2 Å². The first-order chi connectivity index (χ1) is 12.7. The molecule has 0 bridgehead atoms. The van der Waals surface area contributed by atoms with Gasteiger partial charge in [-0.3, -0.25) is 4.79 Å². The average Bonchev–Trinajstić information content (AvgIpc) is 3.13. The largest absolute Gasteiger partial charge is 0.379 e. The van der Waals surface area contributed by atoms with Crippen LogP contribution in [0.1, 0.15) is 30.9 Å². The minimum absolute atomic E-state index is 0.0769. The standard InChI is InChI=1S/C19H29ClN2O4/c20-17-5-2-1-4-16(17)18-6-3-9-22(18)19(23)7-10-24-12-14-26-15-13-25-11-8-21/h1-2,4-5,18H,3,6-15,21H2. The van der Waals surface area contributed by atoms with Gasteiger partial charge in [0, 0.05) is 18.1 Å². The zero-order chi connectivity index (χ0) is 18.6. The summed E-state index contributed by atoms with van der Waals surface area (Å²) in [6.45, 7) is 4.27. The number of carbonyl (C=O) groups excluding carboxylic acids is 1. The highest BCUT2D eigenvalue weighted by atomic mass is 35.5. The molecule has 26 heavy (non-hydrogen) atoms. The number of hydrogen-bond donors (Lipinski definition) is 1. The van der Waals surface area contributed by atoms with E-state index in [-0.39, 0.29) is 11.9 Å². The maximum Gasteiger partial charge on any atom is 0.225 e. The molecule has 0 aromatic heterocycles. The summed E-state index contributed by atoms with van der Waals surface area (Å²) in [6, 6.07) is 7.83. The summed E-state index contributed by atoms with van der Waals surface area (Å²) in [5.41, 5.74) is 6.35. The first-order valence-electron chi connectivity index (χ1n) is 9.21. The van der Waals surface area contributed by atoms with Crippen molar-refractivity contribution in [3.8, 4) is 0 Å². The second-order valence-corrected chi connectivity index (χ2v) is 6.55. The second kappa shape index (κ2) is 12.3. The molecule has 0 radical (unpaired) electrons. The molecule has 146 valence electrons. The molecule has 1 heterocycles. The van der Waals surface area contributed by atoms with Crippen LogP contribution in [0.2, 0.25) is 5.02 Å². The van der Waals surface area contributed by atoms with Gasteiger partial charge in [0.25, 0.3) is 0 Å². The lowest BCUT2D eigenvalue weighted by Gasteiger charge is -2.26. The topological polar surface area (TPSA) is 74.0 Å². The zero-order valence-corrected chi connectivity index (χ0v) is 16.0. The lowest BCUT2D eigenvalue weighted by atomic mass is 10.0. The van der Waals surface area contributed by atoms with Gasteiger partial charge < -0.3 is 24.8 Å². The molecule has 0 saturated carbocycles. The summed E-state index contributed by atoms with van der Waals surface area (Å²) in [6.07, 6.45) is 2.33. The van der Waals surface area contributed by atoms with Crippen LogP contribution in [-0.4, -0.2) is 63.5 Å². The van der Waals surface area contributed by atoms with E-state index in [4.69, 9.17) is 31.5 Å². The number of halogens is 1. The minimum Gasteiger partial charge on any atom is -0.379 e. The normalized spacial score (nSPS) is 17.0. The zero-order valence-electron chi connectivity index (χ0n) is 15.2. The third-order valence-corrected chi connectivity index (χ3v) is 4.65. The van der Waals surface area contributed by atoms with Crippen LogP contribution >= 0.6 is 11.6 Å². The van der Waals surface area contributed by atoms with Gasteiger partial charge in [-0.25, -0.2) is 0 Å². The third-order valence-electron chi connectivity index (χ3n) is 4.30. The van der Waals surface area contributed by atoms with Crippen molar-refractivity contribution in [3.63, 3.8) is 0 Å². The van der Waals surface area contributed by atoms with Gasteiger partial charge in [0.2, 0.25) is 5.91 Å². The predicted molar refractivity (Wildman–Crippen MR) is 101 cm³/mol. The molecule has 1 atom stereocenters. The van der Waals surface area contributed by atoms with Crippen molar-refractivity contribution < 1.29 is 19.0 Å². The van der Waals surface area contributed by atoms with E-state index in [0.29, 0.717) is 52.6 Å². The second-order valence-electron chi connectivity index (χ2n) is 6.14. The maximum absolute atomic E-state index is 12.5. The molecule has 0 aliphatic carbocycles. The van der Waals surface area contributed by atoms with Crippen molar-refractivity contribution in [3.05, 3.63) is 34.9 Å². The Kier molecular flexibility index (Phi) is 9.95. The van der Waals surface area contributed by atoms with Crippen LogP contribution in [0.15, 0.2) is 24.3 Å². The van der Waals surface area contributed by atoms with Gasteiger partial charge in [-0.05, 0) is 24.5 Å². The summed E-state index contributed by atoms with van der Waals surface area (Å²) < 4.78 is 16.1. The van der Waals surface area contributed by atoms with Gasteiger partial charge in [-0.2, -0.15) is 0 Å². The van der Waals surface area contributed by atoms with Crippen molar-refractivity contribution in [2.45, 2.75) is 25.3 Å². The monoisotopic (exact) mass is 384 g/mol. The highest BCUT2D eigenvalue weighted by molar-refractivity contribution is 6.31. The molecule has 1 aliphatic rings. The Morgan fingerprint density at radius 3 is 2.42 bits per heavy atom. The van der Waals surface area contributed by atoms with Crippen molar-refractivity contribution >= 4 is 17.5 Å². The molecule has 0 spiro atoms. The highest BCUT2D eigenvalue weighted by Crippen LogP contribution is 2.35.